The van der Waals surface area contributed by atoms with Crippen molar-refractivity contribution in [2.24, 2.45) is 0 Å². The number of nitrogens with one attached hydrogen (secondary N) is 2. The molecule has 1 heterocycles. The number of aromatic nitrogens is 2. The number of nitrogens with zero attached hydrogens (tertiary/aromatic N) is 2. The number of carbonyl (C=O) groups excluding carboxylic acids is 1. The zero-order chi connectivity index (χ0) is 23.8. The standard InChI is InChI=1S/C24H25ClN4O3S/c1-17(30)6-3-2-4-9-22(29-33(31,32)21-12-10-18(15-26)11-13-21)24-27-16-23(28-24)19-7-5-8-20(25)14-19/h5,7-8,10-14,16,22,29H,2-4,6,9H2,1H3,(H,27,28)/t22-/m0/s1. The van der Waals surface area contributed by atoms with Crippen LogP contribution in [0.5, 0.6) is 0 Å². The van der Waals surface area contributed by atoms with E-state index >= 15 is 0 Å². The van der Waals surface area contributed by atoms with Crippen LogP contribution in [0.3, 0.4) is 0 Å². The number of hydrogen-bond donors (Lipinski definition) is 2. The molecule has 0 unspecified atom stereocenters. The summed E-state index contributed by atoms with van der Waals surface area (Å²) < 4.78 is 28.8. The second kappa shape index (κ2) is 11.2. The molecule has 33 heavy (non-hydrogen) atoms. The Hall–Kier alpha value is -2.99. The molecule has 2 N–H and O–H groups in total. The van der Waals surface area contributed by atoms with Crippen LogP contribution in [0.15, 0.2) is 59.6 Å². The van der Waals surface area contributed by atoms with Crippen LogP contribution in [-0.2, 0) is 14.8 Å². The number of sulfonamides is 1. The number of H-pyrrole nitrogens is 1. The van der Waals surface area contributed by atoms with Crippen molar-refractivity contribution >= 4 is 27.4 Å². The summed E-state index contributed by atoms with van der Waals surface area (Å²) in [6, 6.07) is 14.4. The molecule has 9 heteroatoms. The third kappa shape index (κ3) is 6.99. The fourth-order valence-electron chi connectivity index (χ4n) is 3.43. The normalized spacial score (nSPS) is 12.3. The van der Waals surface area contributed by atoms with Gasteiger partial charge in [0.05, 0.1) is 34.5 Å². The Morgan fingerprint density at radius 2 is 1.94 bits per heavy atom. The van der Waals surface area contributed by atoms with Gasteiger partial charge >= 0.3 is 0 Å². The Kier molecular flexibility index (Phi) is 8.39. The average molecular weight is 485 g/mol. The molecule has 0 fully saturated rings. The van der Waals surface area contributed by atoms with E-state index in [2.05, 4.69) is 14.7 Å². The number of rotatable bonds is 11. The third-order valence-corrected chi connectivity index (χ3v) is 6.90. The third-order valence-electron chi connectivity index (χ3n) is 5.17. The van der Waals surface area contributed by atoms with E-state index in [0.29, 0.717) is 29.3 Å². The summed E-state index contributed by atoms with van der Waals surface area (Å²) in [5.74, 6) is 0.638. The van der Waals surface area contributed by atoms with Crippen LogP contribution < -0.4 is 4.72 Å². The first-order valence-electron chi connectivity index (χ1n) is 10.6. The Balaban J connectivity index is 1.81. The maximum absolute atomic E-state index is 13.0. The van der Waals surface area contributed by atoms with Crippen molar-refractivity contribution in [2.75, 3.05) is 0 Å². The fourth-order valence-corrected chi connectivity index (χ4v) is 4.86. The topological polar surface area (TPSA) is 116 Å². The Morgan fingerprint density at radius 1 is 1.18 bits per heavy atom. The monoisotopic (exact) mass is 484 g/mol. The van der Waals surface area contributed by atoms with Gasteiger partial charge < -0.3 is 9.78 Å². The molecule has 0 saturated carbocycles. The number of aromatic amines is 1. The molecule has 3 aromatic rings. The molecule has 0 bridgehead atoms. The maximum atomic E-state index is 13.0. The molecule has 3 rings (SSSR count). The molecule has 0 amide bonds. The summed E-state index contributed by atoms with van der Waals surface area (Å²) in [6.45, 7) is 1.56. The second-order valence-electron chi connectivity index (χ2n) is 7.80. The summed E-state index contributed by atoms with van der Waals surface area (Å²) in [4.78, 5) is 18.9. The average Bonchev–Trinajstić information content (AvgIpc) is 3.28. The molecule has 0 aliphatic rings. The molecule has 0 aliphatic heterocycles. The number of hydrogen-bond acceptors (Lipinski definition) is 5. The summed E-state index contributed by atoms with van der Waals surface area (Å²) in [7, 11) is -3.85. The van der Waals surface area contributed by atoms with Crippen LogP contribution in [0.1, 0.15) is 56.5 Å². The van der Waals surface area contributed by atoms with Crippen LogP contribution in [-0.4, -0.2) is 24.2 Å². The lowest BCUT2D eigenvalue weighted by molar-refractivity contribution is -0.117. The van der Waals surface area contributed by atoms with E-state index in [1.165, 1.54) is 24.3 Å². The number of unbranched alkanes of at least 4 members (excludes halogenated alkanes) is 2. The molecule has 0 spiro atoms. The molecular formula is C24H25ClN4O3S. The van der Waals surface area contributed by atoms with E-state index in [1.54, 1.807) is 25.3 Å². The highest BCUT2D eigenvalue weighted by molar-refractivity contribution is 7.89. The molecular weight excluding hydrogens is 460 g/mol. The van der Waals surface area contributed by atoms with Crippen LogP contribution in [0.2, 0.25) is 5.02 Å². The first-order chi connectivity index (χ1) is 15.8. The Labute approximate surface area is 198 Å². The molecule has 0 saturated heterocycles. The van der Waals surface area contributed by atoms with E-state index in [9.17, 15) is 13.2 Å². The Bertz CT molecular complexity index is 1250. The van der Waals surface area contributed by atoms with Crippen molar-refractivity contribution in [2.45, 2.75) is 50.0 Å². The zero-order valence-electron chi connectivity index (χ0n) is 18.2. The van der Waals surface area contributed by atoms with Gasteiger partial charge in [-0.2, -0.15) is 5.26 Å². The fraction of sp³-hybridized carbons (Fsp3) is 0.292. The predicted molar refractivity (Wildman–Crippen MR) is 127 cm³/mol. The van der Waals surface area contributed by atoms with E-state index in [-0.39, 0.29) is 10.7 Å². The first-order valence-corrected chi connectivity index (χ1v) is 12.5. The quantitative estimate of drug-likeness (QED) is 0.364. The van der Waals surface area contributed by atoms with E-state index < -0.39 is 16.1 Å². The van der Waals surface area contributed by atoms with Gasteiger partial charge in [-0.15, -0.1) is 0 Å². The van der Waals surface area contributed by atoms with Crippen LogP contribution in [0, 0.1) is 11.3 Å². The molecule has 2 aromatic carbocycles. The SMILES string of the molecule is CC(=O)CCCCC[C@H](NS(=O)(=O)c1ccc(C#N)cc1)c1ncc(-c2cccc(Cl)c2)[nH]1. The van der Waals surface area contributed by atoms with Gasteiger partial charge in [0.1, 0.15) is 11.6 Å². The first kappa shape index (κ1) is 24.6. The molecule has 1 atom stereocenters. The number of halogens is 1. The number of nitriles is 1. The van der Waals surface area contributed by atoms with E-state index in [0.717, 1.165) is 30.5 Å². The highest BCUT2D eigenvalue weighted by Gasteiger charge is 2.24. The van der Waals surface area contributed by atoms with Gasteiger partial charge in [0.2, 0.25) is 10.0 Å². The minimum absolute atomic E-state index is 0.0738. The summed E-state index contributed by atoms with van der Waals surface area (Å²) in [5.41, 5.74) is 1.95. The summed E-state index contributed by atoms with van der Waals surface area (Å²) in [6.07, 6.45) is 4.96. The summed E-state index contributed by atoms with van der Waals surface area (Å²) in [5, 5.41) is 9.55. The smallest absolute Gasteiger partial charge is 0.241 e. The number of ketones is 1. The van der Waals surface area contributed by atoms with E-state index in [1.807, 2.05) is 18.2 Å². The predicted octanol–water partition coefficient (Wildman–Crippen LogP) is 5.16. The van der Waals surface area contributed by atoms with Crippen molar-refractivity contribution in [1.29, 1.82) is 5.26 Å². The van der Waals surface area contributed by atoms with Crippen LogP contribution in [0.4, 0.5) is 0 Å². The Morgan fingerprint density at radius 3 is 2.61 bits per heavy atom. The van der Waals surface area contributed by atoms with E-state index in [4.69, 9.17) is 16.9 Å². The van der Waals surface area contributed by atoms with Crippen molar-refractivity contribution in [3.8, 4) is 17.3 Å². The number of benzene rings is 2. The van der Waals surface area contributed by atoms with Crippen LogP contribution in [0.25, 0.3) is 11.3 Å². The van der Waals surface area contributed by atoms with Gasteiger partial charge in [0.15, 0.2) is 0 Å². The van der Waals surface area contributed by atoms with Gasteiger partial charge in [0.25, 0.3) is 0 Å². The van der Waals surface area contributed by atoms with Crippen molar-refractivity contribution in [3.05, 3.63) is 71.1 Å². The highest BCUT2D eigenvalue weighted by Crippen LogP contribution is 2.26. The van der Waals surface area contributed by atoms with Gasteiger partial charge in [-0.25, -0.2) is 18.1 Å². The zero-order valence-corrected chi connectivity index (χ0v) is 19.8. The molecule has 1 aromatic heterocycles. The van der Waals surface area contributed by atoms with Crippen molar-refractivity contribution in [3.63, 3.8) is 0 Å². The van der Waals surface area contributed by atoms with Crippen molar-refractivity contribution in [1.82, 2.24) is 14.7 Å². The maximum Gasteiger partial charge on any atom is 0.241 e. The highest BCUT2D eigenvalue weighted by atomic mass is 35.5. The number of imidazole rings is 1. The molecule has 0 aliphatic carbocycles. The van der Waals surface area contributed by atoms with Gasteiger partial charge in [-0.1, -0.05) is 36.6 Å². The molecule has 7 nitrogen and oxygen atoms in total. The van der Waals surface area contributed by atoms with Crippen molar-refractivity contribution < 1.29 is 13.2 Å². The number of Topliss-reactive ketones (excluding diaryl/α,β-unsaturated/α-hetero) is 1. The minimum Gasteiger partial charge on any atom is -0.341 e. The lowest BCUT2D eigenvalue weighted by Crippen LogP contribution is -2.29. The molecule has 172 valence electrons. The molecule has 0 radical (unpaired) electrons. The summed E-state index contributed by atoms with van der Waals surface area (Å²) >= 11 is 6.09. The lowest BCUT2D eigenvalue weighted by atomic mass is 10.1. The van der Waals surface area contributed by atoms with Gasteiger partial charge in [0, 0.05) is 17.0 Å². The second-order valence-corrected chi connectivity index (χ2v) is 9.95. The van der Waals surface area contributed by atoms with Gasteiger partial charge in [-0.3, -0.25) is 0 Å². The largest absolute Gasteiger partial charge is 0.341 e. The van der Waals surface area contributed by atoms with Gasteiger partial charge in [-0.05, 0) is 56.2 Å². The number of carbonyl (C=O) groups is 1. The minimum atomic E-state index is -3.85. The van der Waals surface area contributed by atoms with Crippen LogP contribution >= 0.6 is 11.6 Å². The lowest BCUT2D eigenvalue weighted by Gasteiger charge is -2.17.